The van der Waals surface area contributed by atoms with Crippen molar-refractivity contribution in [2.45, 2.75) is 6.10 Å². The third-order valence-corrected chi connectivity index (χ3v) is 3.84. The quantitative estimate of drug-likeness (QED) is 0.772. The number of hydrogen-bond acceptors (Lipinski definition) is 3. The molecule has 0 spiro atoms. The van der Waals surface area contributed by atoms with Crippen molar-refractivity contribution in [1.29, 1.82) is 0 Å². The van der Waals surface area contributed by atoms with Gasteiger partial charge in [-0.25, -0.2) is 9.07 Å². The summed E-state index contributed by atoms with van der Waals surface area (Å²) in [5.74, 6) is -0.326. The van der Waals surface area contributed by atoms with Gasteiger partial charge in [0.05, 0.1) is 0 Å². The molecule has 1 aromatic heterocycles. The fraction of sp³-hybridized carbons (Fsp3) is 0.200. The highest BCUT2D eigenvalue weighted by molar-refractivity contribution is 14.1. The van der Waals surface area contributed by atoms with Crippen LogP contribution in [0.5, 0.6) is 0 Å². The highest BCUT2D eigenvalue weighted by atomic mass is 127. The van der Waals surface area contributed by atoms with E-state index in [1.54, 1.807) is 13.1 Å². The number of aliphatic hydroxyl groups excluding tert-OH is 1. The highest BCUT2D eigenvalue weighted by Crippen LogP contribution is 2.29. The predicted octanol–water partition coefficient (Wildman–Crippen LogP) is 2.40. The van der Waals surface area contributed by atoms with Gasteiger partial charge in [-0.15, -0.1) is 5.10 Å². The lowest BCUT2D eigenvalue weighted by Crippen LogP contribution is -2.08. The summed E-state index contributed by atoms with van der Waals surface area (Å²) in [4.78, 5) is 0. The van der Waals surface area contributed by atoms with Crippen LogP contribution in [-0.2, 0) is 7.05 Å². The normalized spacial score (nSPS) is 12.8. The highest BCUT2D eigenvalue weighted by Gasteiger charge is 2.21. The molecule has 90 valence electrons. The Labute approximate surface area is 119 Å². The van der Waals surface area contributed by atoms with Crippen molar-refractivity contribution < 1.29 is 9.50 Å². The summed E-state index contributed by atoms with van der Waals surface area (Å²) in [6.07, 6.45) is -0.892. The number of aromatic nitrogens is 3. The van der Waals surface area contributed by atoms with Gasteiger partial charge in [-0.2, -0.15) is 0 Å². The molecule has 1 N–H and O–H groups in total. The van der Waals surface area contributed by atoms with Gasteiger partial charge in [-0.05, 0) is 50.7 Å². The van der Waals surface area contributed by atoms with Gasteiger partial charge in [0.25, 0.3) is 0 Å². The molecule has 1 atom stereocenters. The molecule has 0 radical (unpaired) electrons. The second-order valence-corrected chi connectivity index (χ2v) is 5.37. The Kier molecular flexibility index (Phi) is 3.79. The van der Waals surface area contributed by atoms with Gasteiger partial charge in [0.1, 0.15) is 17.6 Å². The first-order chi connectivity index (χ1) is 8.00. The van der Waals surface area contributed by atoms with E-state index in [9.17, 15) is 9.50 Å². The van der Waals surface area contributed by atoms with Crippen molar-refractivity contribution in [3.05, 3.63) is 43.4 Å². The first-order valence-corrected chi connectivity index (χ1v) is 6.56. The Balaban J connectivity index is 2.47. The lowest BCUT2D eigenvalue weighted by atomic mass is 10.1. The zero-order chi connectivity index (χ0) is 12.6. The molecule has 17 heavy (non-hydrogen) atoms. The van der Waals surface area contributed by atoms with Crippen molar-refractivity contribution in [1.82, 2.24) is 15.0 Å². The van der Waals surface area contributed by atoms with Gasteiger partial charge in [-0.3, -0.25) is 0 Å². The lowest BCUT2D eigenvalue weighted by molar-refractivity contribution is 0.208. The van der Waals surface area contributed by atoms with Crippen LogP contribution < -0.4 is 0 Å². The minimum Gasteiger partial charge on any atom is -0.382 e. The first kappa shape index (κ1) is 12.9. The van der Waals surface area contributed by atoms with Crippen molar-refractivity contribution in [2.75, 3.05) is 0 Å². The molecule has 0 aliphatic heterocycles. The average molecular weight is 412 g/mol. The largest absolute Gasteiger partial charge is 0.382 e. The SMILES string of the molecule is Cn1nnc(Br)c1C(O)c1ccc(F)cc1I. The summed E-state index contributed by atoms with van der Waals surface area (Å²) in [5, 5.41) is 17.9. The monoisotopic (exact) mass is 411 g/mol. The maximum atomic E-state index is 13.0. The molecule has 0 fully saturated rings. The van der Waals surface area contributed by atoms with Crippen LogP contribution in [0.25, 0.3) is 0 Å². The second-order valence-electron chi connectivity index (χ2n) is 3.46. The molecule has 0 bridgehead atoms. The van der Waals surface area contributed by atoms with E-state index in [1.807, 2.05) is 22.6 Å². The van der Waals surface area contributed by atoms with Gasteiger partial charge in [0.15, 0.2) is 4.60 Å². The summed E-state index contributed by atoms with van der Waals surface area (Å²) in [7, 11) is 1.69. The van der Waals surface area contributed by atoms with E-state index >= 15 is 0 Å². The summed E-state index contributed by atoms with van der Waals surface area (Å²) < 4.78 is 15.6. The fourth-order valence-electron chi connectivity index (χ4n) is 1.50. The van der Waals surface area contributed by atoms with Crippen molar-refractivity contribution in [3.63, 3.8) is 0 Å². The topological polar surface area (TPSA) is 50.9 Å². The smallest absolute Gasteiger partial charge is 0.154 e. The number of hydrogen-bond donors (Lipinski definition) is 1. The van der Waals surface area contributed by atoms with E-state index in [4.69, 9.17) is 0 Å². The van der Waals surface area contributed by atoms with Crippen LogP contribution >= 0.6 is 38.5 Å². The number of benzene rings is 1. The van der Waals surface area contributed by atoms with Crippen molar-refractivity contribution in [2.24, 2.45) is 7.05 Å². The van der Waals surface area contributed by atoms with E-state index in [0.29, 0.717) is 19.4 Å². The second kappa shape index (κ2) is 4.99. The fourth-order valence-corrected chi connectivity index (χ4v) is 2.82. The molecular weight excluding hydrogens is 404 g/mol. The van der Waals surface area contributed by atoms with Crippen LogP contribution in [0, 0.1) is 9.39 Å². The maximum Gasteiger partial charge on any atom is 0.154 e. The van der Waals surface area contributed by atoms with E-state index in [2.05, 4.69) is 26.2 Å². The summed E-state index contributed by atoms with van der Waals surface area (Å²) in [6.45, 7) is 0. The molecule has 1 aromatic carbocycles. The number of rotatable bonds is 2. The predicted molar refractivity (Wildman–Crippen MR) is 71.9 cm³/mol. The number of halogens is 3. The summed E-state index contributed by atoms with van der Waals surface area (Å²) >= 11 is 5.21. The molecule has 1 heterocycles. The molecule has 2 aromatic rings. The van der Waals surface area contributed by atoms with E-state index in [-0.39, 0.29) is 5.82 Å². The van der Waals surface area contributed by atoms with Crippen molar-refractivity contribution in [3.8, 4) is 0 Å². The molecule has 2 rings (SSSR count). The van der Waals surface area contributed by atoms with Gasteiger partial charge in [0, 0.05) is 16.2 Å². The van der Waals surface area contributed by atoms with Gasteiger partial charge in [-0.1, -0.05) is 11.3 Å². The Bertz CT molecular complexity index is 541. The first-order valence-electron chi connectivity index (χ1n) is 4.68. The number of aryl methyl sites for hydroxylation is 1. The molecule has 0 saturated carbocycles. The summed E-state index contributed by atoms with van der Waals surface area (Å²) in [5.41, 5.74) is 1.16. The Morgan fingerprint density at radius 2 is 2.24 bits per heavy atom. The molecule has 0 aliphatic carbocycles. The molecule has 7 heteroatoms. The third kappa shape index (κ3) is 2.50. The molecule has 0 aliphatic rings. The minimum atomic E-state index is -0.892. The standard InChI is InChI=1S/C10H8BrFIN3O/c1-16-8(10(11)14-15-16)9(17)6-3-2-5(12)4-7(6)13/h2-4,9,17H,1H3. The molecule has 1 unspecified atom stereocenters. The van der Waals surface area contributed by atoms with Crippen LogP contribution in [-0.4, -0.2) is 20.1 Å². The Morgan fingerprint density at radius 3 is 2.76 bits per heavy atom. The van der Waals surface area contributed by atoms with Crippen LogP contribution in [0.4, 0.5) is 4.39 Å². The van der Waals surface area contributed by atoms with E-state index in [0.717, 1.165) is 0 Å². The Hall–Kier alpha value is -0.540. The number of aliphatic hydroxyl groups is 1. The van der Waals surface area contributed by atoms with E-state index in [1.165, 1.54) is 16.8 Å². The Morgan fingerprint density at radius 1 is 1.53 bits per heavy atom. The molecule has 4 nitrogen and oxygen atoms in total. The molecule has 0 amide bonds. The van der Waals surface area contributed by atoms with Crippen LogP contribution in [0.1, 0.15) is 17.4 Å². The van der Waals surface area contributed by atoms with Crippen LogP contribution in [0.3, 0.4) is 0 Å². The van der Waals surface area contributed by atoms with Gasteiger partial charge in [0.2, 0.25) is 0 Å². The minimum absolute atomic E-state index is 0.326. The summed E-state index contributed by atoms with van der Waals surface area (Å²) in [6, 6.07) is 4.25. The van der Waals surface area contributed by atoms with Gasteiger partial charge >= 0.3 is 0 Å². The number of nitrogens with zero attached hydrogens (tertiary/aromatic N) is 3. The van der Waals surface area contributed by atoms with Crippen LogP contribution in [0.15, 0.2) is 22.8 Å². The third-order valence-electron chi connectivity index (χ3n) is 2.34. The van der Waals surface area contributed by atoms with Crippen LogP contribution in [0.2, 0.25) is 0 Å². The zero-order valence-electron chi connectivity index (χ0n) is 8.73. The molecular formula is C10H8BrFIN3O. The zero-order valence-corrected chi connectivity index (χ0v) is 12.5. The maximum absolute atomic E-state index is 13.0. The van der Waals surface area contributed by atoms with Gasteiger partial charge < -0.3 is 5.11 Å². The average Bonchev–Trinajstić information content (AvgIpc) is 2.58. The molecule has 0 saturated heterocycles. The van der Waals surface area contributed by atoms with Crippen molar-refractivity contribution >= 4 is 38.5 Å². The van der Waals surface area contributed by atoms with E-state index < -0.39 is 6.10 Å². The lowest BCUT2D eigenvalue weighted by Gasteiger charge is -2.13.